The molecule has 0 saturated carbocycles. The zero-order valence-corrected chi connectivity index (χ0v) is 17.4. The molecule has 0 fully saturated rings. The maximum atomic E-state index is 5.20. The summed E-state index contributed by atoms with van der Waals surface area (Å²) < 4.78 is 7.23. The Balaban J connectivity index is 0.00000312. The van der Waals surface area contributed by atoms with Crippen molar-refractivity contribution in [1.29, 1.82) is 0 Å². The first-order valence-corrected chi connectivity index (χ1v) is 8.27. The molecule has 7 heteroatoms. The van der Waals surface area contributed by atoms with Gasteiger partial charge in [0.05, 0.1) is 13.4 Å². The number of ether oxygens (including phenoxy) is 1. The van der Waals surface area contributed by atoms with Gasteiger partial charge in [0.25, 0.3) is 0 Å². The van der Waals surface area contributed by atoms with E-state index in [2.05, 4.69) is 39.7 Å². The second-order valence-corrected chi connectivity index (χ2v) is 5.69. The number of hydrogen-bond donors (Lipinski definition) is 2. The summed E-state index contributed by atoms with van der Waals surface area (Å²) >= 11 is 0. The predicted octanol–water partition coefficient (Wildman–Crippen LogP) is 2.87. The van der Waals surface area contributed by atoms with Crippen molar-refractivity contribution in [2.24, 2.45) is 4.99 Å². The second kappa shape index (κ2) is 11.7. The number of methoxy groups -OCH3 is 1. The highest BCUT2D eigenvalue weighted by atomic mass is 127. The molecule has 0 spiro atoms. The van der Waals surface area contributed by atoms with Gasteiger partial charge in [-0.1, -0.05) is 19.1 Å². The number of aromatic nitrogens is 2. The summed E-state index contributed by atoms with van der Waals surface area (Å²) in [6.07, 6.45) is 6.59. The number of halogens is 1. The fourth-order valence-corrected chi connectivity index (χ4v) is 2.45. The maximum Gasteiger partial charge on any atom is 0.191 e. The molecule has 1 aromatic heterocycles. The minimum atomic E-state index is 0. The highest BCUT2D eigenvalue weighted by Crippen LogP contribution is 2.21. The van der Waals surface area contributed by atoms with Crippen LogP contribution in [-0.4, -0.2) is 42.8 Å². The Labute approximate surface area is 167 Å². The van der Waals surface area contributed by atoms with Crippen LogP contribution in [0.25, 0.3) is 0 Å². The summed E-state index contributed by atoms with van der Waals surface area (Å²) in [5.74, 6) is 2.20. The highest BCUT2D eigenvalue weighted by molar-refractivity contribution is 14.0. The first-order valence-electron chi connectivity index (χ1n) is 8.27. The standard InChI is InChI=1S/C18H27N5O.HI/c1-15(16-4-6-17(24-3)7-5-16)8-9-21-18(19-2)22-11-13-23-12-10-20-14-23;/h4-7,10,12,14-15H,8-9,11,13H2,1-3H3,(H2,19,21,22);1H. The molecule has 1 atom stereocenters. The van der Waals surface area contributed by atoms with Gasteiger partial charge in [-0.15, -0.1) is 24.0 Å². The molecule has 0 saturated heterocycles. The third kappa shape index (κ3) is 7.33. The van der Waals surface area contributed by atoms with Gasteiger partial charge >= 0.3 is 0 Å². The van der Waals surface area contributed by atoms with Gasteiger partial charge in [0.2, 0.25) is 0 Å². The number of aliphatic imine (C=N–C) groups is 1. The summed E-state index contributed by atoms with van der Waals surface area (Å²) in [7, 11) is 3.48. The molecular formula is C18H28IN5O. The van der Waals surface area contributed by atoms with Crippen molar-refractivity contribution in [2.75, 3.05) is 27.2 Å². The van der Waals surface area contributed by atoms with Crippen LogP contribution in [0.4, 0.5) is 0 Å². The van der Waals surface area contributed by atoms with Crippen molar-refractivity contribution in [3.05, 3.63) is 48.5 Å². The third-order valence-corrected chi connectivity index (χ3v) is 4.00. The Morgan fingerprint density at radius 3 is 2.56 bits per heavy atom. The van der Waals surface area contributed by atoms with Gasteiger partial charge < -0.3 is 19.9 Å². The molecule has 0 aliphatic heterocycles. The molecule has 0 radical (unpaired) electrons. The largest absolute Gasteiger partial charge is 0.497 e. The van der Waals surface area contributed by atoms with E-state index < -0.39 is 0 Å². The SMILES string of the molecule is CN=C(NCCC(C)c1ccc(OC)cc1)NCCn1ccnc1.I. The number of benzene rings is 1. The molecule has 1 aromatic carbocycles. The first-order chi connectivity index (χ1) is 11.7. The van der Waals surface area contributed by atoms with Gasteiger partial charge in [0.1, 0.15) is 5.75 Å². The second-order valence-electron chi connectivity index (χ2n) is 5.69. The molecule has 2 N–H and O–H groups in total. The molecule has 0 aliphatic carbocycles. The Kier molecular flexibility index (Phi) is 9.98. The smallest absolute Gasteiger partial charge is 0.191 e. The van der Waals surface area contributed by atoms with E-state index in [1.807, 2.05) is 29.2 Å². The van der Waals surface area contributed by atoms with E-state index in [-0.39, 0.29) is 24.0 Å². The van der Waals surface area contributed by atoms with Crippen molar-refractivity contribution in [3.8, 4) is 5.75 Å². The van der Waals surface area contributed by atoms with Gasteiger partial charge in [0.15, 0.2) is 5.96 Å². The minimum absolute atomic E-state index is 0. The van der Waals surface area contributed by atoms with Crippen LogP contribution in [0.1, 0.15) is 24.8 Å². The van der Waals surface area contributed by atoms with Crippen LogP contribution in [0.15, 0.2) is 48.0 Å². The number of rotatable bonds is 8. The zero-order valence-electron chi connectivity index (χ0n) is 15.1. The Bertz CT molecular complexity index is 613. The zero-order chi connectivity index (χ0) is 17.2. The molecule has 2 rings (SSSR count). The number of nitrogens with one attached hydrogen (secondary N) is 2. The van der Waals surface area contributed by atoms with E-state index in [1.54, 1.807) is 20.4 Å². The van der Waals surface area contributed by atoms with Crippen molar-refractivity contribution < 1.29 is 4.74 Å². The topological polar surface area (TPSA) is 63.5 Å². The van der Waals surface area contributed by atoms with Crippen molar-refractivity contribution >= 4 is 29.9 Å². The van der Waals surface area contributed by atoms with Gasteiger partial charge in [-0.2, -0.15) is 0 Å². The Morgan fingerprint density at radius 1 is 1.24 bits per heavy atom. The summed E-state index contributed by atoms with van der Waals surface area (Å²) in [6.45, 7) is 4.78. The molecule has 0 aliphatic rings. The Hall–Kier alpha value is -1.77. The number of imidazole rings is 1. The summed E-state index contributed by atoms with van der Waals surface area (Å²) in [6, 6.07) is 8.27. The normalized spacial score (nSPS) is 12.2. The molecule has 0 bridgehead atoms. The van der Waals surface area contributed by atoms with Crippen LogP contribution in [0.5, 0.6) is 5.75 Å². The van der Waals surface area contributed by atoms with E-state index in [0.717, 1.165) is 37.8 Å². The van der Waals surface area contributed by atoms with Gasteiger partial charge in [-0.25, -0.2) is 4.98 Å². The highest BCUT2D eigenvalue weighted by Gasteiger charge is 2.06. The van der Waals surface area contributed by atoms with E-state index in [9.17, 15) is 0 Å². The van der Waals surface area contributed by atoms with E-state index in [4.69, 9.17) is 4.74 Å². The lowest BCUT2D eigenvalue weighted by molar-refractivity contribution is 0.414. The lowest BCUT2D eigenvalue weighted by Crippen LogP contribution is -2.39. The molecule has 0 amide bonds. The van der Waals surface area contributed by atoms with Crippen LogP contribution >= 0.6 is 24.0 Å². The van der Waals surface area contributed by atoms with Crippen LogP contribution in [0.2, 0.25) is 0 Å². The predicted molar refractivity (Wildman–Crippen MR) is 113 cm³/mol. The first kappa shape index (κ1) is 21.3. The van der Waals surface area contributed by atoms with Crippen LogP contribution in [0.3, 0.4) is 0 Å². The van der Waals surface area contributed by atoms with Crippen molar-refractivity contribution in [1.82, 2.24) is 20.2 Å². The molecule has 138 valence electrons. The lowest BCUT2D eigenvalue weighted by Gasteiger charge is -2.15. The fourth-order valence-electron chi connectivity index (χ4n) is 2.45. The Morgan fingerprint density at radius 2 is 1.96 bits per heavy atom. The monoisotopic (exact) mass is 457 g/mol. The molecule has 25 heavy (non-hydrogen) atoms. The van der Waals surface area contributed by atoms with Gasteiger partial charge in [0, 0.05) is 39.1 Å². The van der Waals surface area contributed by atoms with E-state index >= 15 is 0 Å². The average Bonchev–Trinajstić information content (AvgIpc) is 3.13. The van der Waals surface area contributed by atoms with Crippen molar-refractivity contribution in [3.63, 3.8) is 0 Å². The molecule has 6 nitrogen and oxygen atoms in total. The van der Waals surface area contributed by atoms with Crippen LogP contribution < -0.4 is 15.4 Å². The third-order valence-electron chi connectivity index (χ3n) is 4.00. The number of guanidine groups is 1. The summed E-state index contributed by atoms with van der Waals surface area (Å²) in [5.41, 5.74) is 1.32. The number of hydrogen-bond acceptors (Lipinski definition) is 3. The van der Waals surface area contributed by atoms with Crippen molar-refractivity contribution in [2.45, 2.75) is 25.8 Å². The average molecular weight is 457 g/mol. The minimum Gasteiger partial charge on any atom is -0.497 e. The molecule has 2 aromatic rings. The number of nitrogens with zero attached hydrogens (tertiary/aromatic N) is 3. The van der Waals surface area contributed by atoms with E-state index in [1.165, 1.54) is 5.56 Å². The van der Waals surface area contributed by atoms with Crippen LogP contribution in [0, 0.1) is 0 Å². The quantitative estimate of drug-likeness (QED) is 0.364. The van der Waals surface area contributed by atoms with Gasteiger partial charge in [-0.3, -0.25) is 4.99 Å². The maximum absolute atomic E-state index is 5.20. The molecule has 1 unspecified atom stereocenters. The van der Waals surface area contributed by atoms with Crippen LogP contribution in [-0.2, 0) is 6.54 Å². The summed E-state index contributed by atoms with van der Waals surface area (Å²) in [4.78, 5) is 8.28. The lowest BCUT2D eigenvalue weighted by atomic mass is 9.98. The fraction of sp³-hybridized carbons (Fsp3) is 0.444. The summed E-state index contributed by atoms with van der Waals surface area (Å²) in [5, 5.41) is 6.67. The molecular weight excluding hydrogens is 429 g/mol. The van der Waals surface area contributed by atoms with E-state index in [0.29, 0.717) is 5.92 Å². The molecule has 1 heterocycles. The van der Waals surface area contributed by atoms with Gasteiger partial charge in [-0.05, 0) is 30.0 Å².